The molecule has 3 heteroatoms. The van der Waals surface area contributed by atoms with Crippen LogP contribution >= 0.6 is 0 Å². The van der Waals surface area contributed by atoms with E-state index < -0.39 is 0 Å². The lowest BCUT2D eigenvalue weighted by Gasteiger charge is -2.41. The van der Waals surface area contributed by atoms with E-state index in [2.05, 4.69) is 11.4 Å². The van der Waals surface area contributed by atoms with E-state index >= 15 is 0 Å². The zero-order valence-electron chi connectivity index (χ0n) is 7.05. The number of nitrogens with zero attached hydrogens (tertiary/aromatic N) is 1. The highest BCUT2D eigenvalue weighted by molar-refractivity contribution is 5.16. The van der Waals surface area contributed by atoms with Gasteiger partial charge < -0.3 is 4.74 Å². The van der Waals surface area contributed by atoms with Crippen LogP contribution < -0.4 is 5.32 Å². The molecule has 1 saturated carbocycles. The maximum atomic E-state index is 8.81. The number of nitriles is 1. The van der Waals surface area contributed by atoms with E-state index in [1.807, 2.05) is 6.92 Å². The first kappa shape index (κ1) is 8.51. The van der Waals surface area contributed by atoms with E-state index in [1.165, 1.54) is 0 Å². The molecule has 0 spiro atoms. The van der Waals surface area contributed by atoms with Crippen molar-refractivity contribution in [1.82, 2.24) is 5.32 Å². The Kier molecular flexibility index (Phi) is 2.48. The van der Waals surface area contributed by atoms with Gasteiger partial charge in [0.1, 0.15) is 5.54 Å². The van der Waals surface area contributed by atoms with Gasteiger partial charge in [0.15, 0.2) is 0 Å². The molecule has 0 atom stereocenters. The van der Waals surface area contributed by atoms with Crippen LogP contribution in [0.25, 0.3) is 0 Å². The molecule has 0 amide bonds. The monoisotopic (exact) mass is 154 g/mol. The zero-order chi connectivity index (χ0) is 8.32. The lowest BCUT2D eigenvalue weighted by Crippen LogP contribution is -2.57. The number of nitrogens with one attached hydrogen (secondary N) is 1. The maximum Gasteiger partial charge on any atom is 0.111 e. The van der Waals surface area contributed by atoms with E-state index in [0.29, 0.717) is 0 Å². The van der Waals surface area contributed by atoms with Crippen LogP contribution in [-0.4, -0.2) is 25.3 Å². The Balaban J connectivity index is 2.38. The molecule has 0 aromatic carbocycles. The summed E-state index contributed by atoms with van der Waals surface area (Å²) in [7, 11) is 1.69. The summed E-state index contributed by atoms with van der Waals surface area (Å²) in [5, 5.41) is 12.0. The van der Waals surface area contributed by atoms with Crippen molar-refractivity contribution in [3.63, 3.8) is 0 Å². The van der Waals surface area contributed by atoms with E-state index in [0.717, 1.165) is 19.4 Å². The quantitative estimate of drug-likeness (QED) is 0.649. The second kappa shape index (κ2) is 3.21. The lowest BCUT2D eigenvalue weighted by molar-refractivity contribution is -0.00691. The Bertz CT molecular complexity index is 167. The molecule has 0 bridgehead atoms. The molecule has 1 N–H and O–H groups in total. The van der Waals surface area contributed by atoms with Crippen LogP contribution in [0.5, 0.6) is 0 Å². The minimum Gasteiger partial charge on any atom is -0.381 e. The van der Waals surface area contributed by atoms with Crippen LogP contribution in [0.3, 0.4) is 0 Å². The van der Waals surface area contributed by atoms with Gasteiger partial charge in [-0.15, -0.1) is 0 Å². The molecule has 0 radical (unpaired) electrons. The van der Waals surface area contributed by atoms with Crippen molar-refractivity contribution in [2.45, 2.75) is 31.4 Å². The second-order valence-corrected chi connectivity index (χ2v) is 2.99. The maximum absolute atomic E-state index is 8.81. The third-order valence-electron chi connectivity index (χ3n) is 2.21. The van der Waals surface area contributed by atoms with Gasteiger partial charge in [-0.25, -0.2) is 0 Å². The third kappa shape index (κ3) is 1.52. The predicted molar refractivity (Wildman–Crippen MR) is 42.1 cm³/mol. The highest BCUT2D eigenvalue weighted by Crippen LogP contribution is 2.33. The minimum absolute atomic E-state index is 0.282. The summed E-state index contributed by atoms with van der Waals surface area (Å²) in [6, 6.07) is 2.29. The standard InChI is InChI=1S/C8H14N2O/c1-3-10-8(6-9)4-7(5-8)11-2/h7,10H,3-5H2,1-2H3. The molecule has 1 rings (SSSR count). The number of hydrogen-bond donors (Lipinski definition) is 1. The highest BCUT2D eigenvalue weighted by Gasteiger charge is 2.44. The fraction of sp³-hybridized carbons (Fsp3) is 0.875. The summed E-state index contributed by atoms with van der Waals surface area (Å²) in [6.07, 6.45) is 1.94. The van der Waals surface area contributed by atoms with Gasteiger partial charge >= 0.3 is 0 Å². The SMILES string of the molecule is CCNC1(C#N)CC(OC)C1. The molecule has 3 nitrogen and oxygen atoms in total. The molecule has 0 heterocycles. The van der Waals surface area contributed by atoms with Crippen LogP contribution in [0.2, 0.25) is 0 Å². The van der Waals surface area contributed by atoms with E-state index in [4.69, 9.17) is 10.00 Å². The molecule has 1 fully saturated rings. The number of rotatable bonds is 3. The molecule has 0 aliphatic heterocycles. The Hall–Kier alpha value is -0.590. The molecule has 1 aliphatic rings. The molecule has 62 valence electrons. The minimum atomic E-state index is -0.282. The highest BCUT2D eigenvalue weighted by atomic mass is 16.5. The first-order valence-electron chi connectivity index (χ1n) is 3.95. The summed E-state index contributed by atoms with van der Waals surface area (Å²) >= 11 is 0. The fourth-order valence-corrected chi connectivity index (χ4v) is 1.50. The van der Waals surface area contributed by atoms with Gasteiger partial charge in [-0.05, 0) is 6.54 Å². The van der Waals surface area contributed by atoms with E-state index in [9.17, 15) is 0 Å². The number of methoxy groups -OCH3 is 1. The van der Waals surface area contributed by atoms with Crippen molar-refractivity contribution in [3.05, 3.63) is 0 Å². The smallest absolute Gasteiger partial charge is 0.111 e. The molecular formula is C8H14N2O. The van der Waals surface area contributed by atoms with Crippen LogP contribution in [0.1, 0.15) is 19.8 Å². The zero-order valence-corrected chi connectivity index (χ0v) is 7.05. The van der Waals surface area contributed by atoms with Crippen molar-refractivity contribution in [2.24, 2.45) is 0 Å². The van der Waals surface area contributed by atoms with Crippen LogP contribution in [0, 0.1) is 11.3 Å². The van der Waals surface area contributed by atoms with Gasteiger partial charge in [-0.1, -0.05) is 6.92 Å². The molecular weight excluding hydrogens is 140 g/mol. The van der Waals surface area contributed by atoms with Crippen LogP contribution in [0.15, 0.2) is 0 Å². The largest absolute Gasteiger partial charge is 0.381 e. The Morgan fingerprint density at radius 2 is 2.36 bits per heavy atom. The van der Waals surface area contributed by atoms with Gasteiger partial charge in [0, 0.05) is 20.0 Å². The summed E-state index contributed by atoms with van der Waals surface area (Å²) in [4.78, 5) is 0. The van der Waals surface area contributed by atoms with E-state index in [1.54, 1.807) is 7.11 Å². The van der Waals surface area contributed by atoms with Crippen molar-refractivity contribution < 1.29 is 4.74 Å². The molecule has 0 aromatic rings. The molecule has 1 aliphatic carbocycles. The average Bonchev–Trinajstić information content (AvgIpc) is 1.96. The van der Waals surface area contributed by atoms with Gasteiger partial charge in [0.05, 0.1) is 12.2 Å². The third-order valence-corrected chi connectivity index (χ3v) is 2.21. The summed E-state index contributed by atoms with van der Waals surface area (Å²) in [6.45, 7) is 2.86. The first-order valence-corrected chi connectivity index (χ1v) is 3.95. The number of hydrogen-bond acceptors (Lipinski definition) is 3. The van der Waals surface area contributed by atoms with Crippen molar-refractivity contribution in [2.75, 3.05) is 13.7 Å². The first-order chi connectivity index (χ1) is 5.26. The van der Waals surface area contributed by atoms with Gasteiger partial charge in [-0.2, -0.15) is 5.26 Å². The van der Waals surface area contributed by atoms with Gasteiger partial charge in [0.2, 0.25) is 0 Å². The molecule has 0 unspecified atom stereocenters. The fourth-order valence-electron chi connectivity index (χ4n) is 1.50. The lowest BCUT2D eigenvalue weighted by atomic mass is 9.75. The Morgan fingerprint density at radius 1 is 1.73 bits per heavy atom. The van der Waals surface area contributed by atoms with E-state index in [-0.39, 0.29) is 11.6 Å². The van der Waals surface area contributed by atoms with Crippen molar-refractivity contribution in [3.8, 4) is 6.07 Å². The molecule has 11 heavy (non-hydrogen) atoms. The summed E-state index contributed by atoms with van der Waals surface area (Å²) < 4.78 is 5.10. The molecule has 0 saturated heterocycles. The second-order valence-electron chi connectivity index (χ2n) is 2.99. The topological polar surface area (TPSA) is 45.0 Å². The van der Waals surface area contributed by atoms with Gasteiger partial charge in [0.25, 0.3) is 0 Å². The normalized spacial score (nSPS) is 35.9. The Labute approximate surface area is 67.3 Å². The average molecular weight is 154 g/mol. The van der Waals surface area contributed by atoms with Gasteiger partial charge in [-0.3, -0.25) is 5.32 Å². The van der Waals surface area contributed by atoms with Crippen molar-refractivity contribution >= 4 is 0 Å². The molecule has 0 aromatic heterocycles. The van der Waals surface area contributed by atoms with Crippen LogP contribution in [-0.2, 0) is 4.74 Å². The Morgan fingerprint density at radius 3 is 2.73 bits per heavy atom. The predicted octanol–water partition coefficient (Wildman–Crippen LogP) is 0.667. The summed E-state index contributed by atoms with van der Waals surface area (Å²) in [5.74, 6) is 0. The summed E-state index contributed by atoms with van der Waals surface area (Å²) in [5.41, 5.74) is -0.282. The van der Waals surface area contributed by atoms with Crippen LogP contribution in [0.4, 0.5) is 0 Å². The van der Waals surface area contributed by atoms with Crippen molar-refractivity contribution in [1.29, 1.82) is 5.26 Å². The number of ether oxygens (including phenoxy) is 1.